The maximum atomic E-state index is 11.8. The van der Waals surface area contributed by atoms with Crippen LogP contribution >= 0.6 is 11.3 Å². The largest absolute Gasteiger partial charge is 0.396 e. The maximum absolute atomic E-state index is 11.8. The van der Waals surface area contributed by atoms with Crippen LogP contribution in [0.2, 0.25) is 0 Å². The number of carbonyl (C=O) groups excluding carboxylic acids is 1. The van der Waals surface area contributed by atoms with Gasteiger partial charge in [-0.2, -0.15) is 5.26 Å². The Bertz CT molecular complexity index is 533. The molecule has 1 aromatic heterocycles. The van der Waals surface area contributed by atoms with Crippen molar-refractivity contribution < 1.29 is 9.90 Å². The van der Waals surface area contributed by atoms with Gasteiger partial charge in [0.15, 0.2) is 5.78 Å². The Morgan fingerprint density at radius 2 is 2.42 bits per heavy atom. The second-order valence-electron chi connectivity index (χ2n) is 4.66. The molecule has 1 atom stereocenters. The average molecular weight is 279 g/mol. The summed E-state index contributed by atoms with van der Waals surface area (Å²) in [6, 6.07) is 2.09. The molecule has 3 N–H and O–H groups in total. The Morgan fingerprint density at radius 3 is 3.00 bits per heavy atom. The van der Waals surface area contributed by atoms with Gasteiger partial charge < -0.3 is 15.7 Å². The molecule has 0 amide bonds. The molecule has 0 radical (unpaired) electrons. The molecular formula is C13H17N3O2S. The van der Waals surface area contributed by atoms with Gasteiger partial charge >= 0.3 is 0 Å². The Morgan fingerprint density at radius 1 is 1.68 bits per heavy atom. The van der Waals surface area contributed by atoms with Gasteiger partial charge in [0.25, 0.3) is 0 Å². The van der Waals surface area contributed by atoms with E-state index in [-0.39, 0.29) is 17.6 Å². The molecule has 2 heterocycles. The second kappa shape index (κ2) is 5.59. The van der Waals surface area contributed by atoms with Gasteiger partial charge in [-0.3, -0.25) is 4.79 Å². The molecule has 0 bridgehead atoms. The first kappa shape index (κ1) is 13.8. The number of aliphatic hydroxyl groups excluding tert-OH is 1. The van der Waals surface area contributed by atoms with Crippen LogP contribution in [0.1, 0.15) is 41.4 Å². The molecule has 6 heteroatoms. The number of nitrogens with two attached hydrogens (primary N) is 1. The number of carbonyl (C=O) groups is 1. The number of nitrogens with zero attached hydrogens (tertiary/aromatic N) is 2. The van der Waals surface area contributed by atoms with Crippen LogP contribution in [-0.4, -0.2) is 30.1 Å². The molecule has 1 aromatic rings. The molecule has 1 aliphatic rings. The Kier molecular flexibility index (Phi) is 4.08. The molecular weight excluding hydrogens is 262 g/mol. The standard InChI is InChI=1S/C13H17N3O2S/c1-2-10(18)12-11(15)9(6-14)13(19-12)16-5-3-4-8(17)7-16/h8,17H,2-5,7,15H2,1H3. The van der Waals surface area contributed by atoms with Crippen molar-refractivity contribution in [2.24, 2.45) is 0 Å². The van der Waals surface area contributed by atoms with Crippen LogP contribution in [0.15, 0.2) is 0 Å². The van der Waals surface area contributed by atoms with Crippen molar-refractivity contribution >= 4 is 27.8 Å². The van der Waals surface area contributed by atoms with E-state index in [1.165, 1.54) is 11.3 Å². The monoisotopic (exact) mass is 279 g/mol. The van der Waals surface area contributed by atoms with E-state index in [1.54, 1.807) is 6.92 Å². The van der Waals surface area contributed by atoms with E-state index in [0.717, 1.165) is 24.4 Å². The number of nitrogen functional groups attached to an aromatic ring is 1. The summed E-state index contributed by atoms with van der Waals surface area (Å²) in [4.78, 5) is 14.2. The molecule has 102 valence electrons. The number of hydrogen-bond acceptors (Lipinski definition) is 6. The van der Waals surface area contributed by atoms with Crippen LogP contribution in [-0.2, 0) is 0 Å². The van der Waals surface area contributed by atoms with Crippen LogP contribution in [0.3, 0.4) is 0 Å². The van der Waals surface area contributed by atoms with E-state index in [2.05, 4.69) is 6.07 Å². The lowest BCUT2D eigenvalue weighted by Gasteiger charge is -2.30. The number of anilines is 2. The lowest BCUT2D eigenvalue weighted by atomic mass is 10.1. The van der Waals surface area contributed by atoms with Gasteiger partial charge in [0, 0.05) is 19.5 Å². The minimum atomic E-state index is -0.381. The first-order chi connectivity index (χ1) is 9.08. The third-order valence-electron chi connectivity index (χ3n) is 3.30. The fourth-order valence-electron chi connectivity index (χ4n) is 2.27. The van der Waals surface area contributed by atoms with Crippen molar-refractivity contribution in [1.82, 2.24) is 0 Å². The molecule has 0 spiro atoms. The smallest absolute Gasteiger partial charge is 0.174 e. The van der Waals surface area contributed by atoms with Crippen molar-refractivity contribution in [1.29, 1.82) is 5.26 Å². The van der Waals surface area contributed by atoms with Crippen molar-refractivity contribution in [3.63, 3.8) is 0 Å². The molecule has 1 aliphatic heterocycles. The zero-order valence-electron chi connectivity index (χ0n) is 10.8. The quantitative estimate of drug-likeness (QED) is 0.823. The molecule has 1 unspecified atom stereocenters. The van der Waals surface area contributed by atoms with Gasteiger partial charge in [0.1, 0.15) is 16.6 Å². The summed E-state index contributed by atoms with van der Waals surface area (Å²) in [5.41, 5.74) is 6.57. The van der Waals surface area contributed by atoms with Gasteiger partial charge in [-0.1, -0.05) is 6.92 Å². The van der Waals surface area contributed by atoms with Crippen molar-refractivity contribution in [3.8, 4) is 6.07 Å². The van der Waals surface area contributed by atoms with E-state index in [9.17, 15) is 15.2 Å². The number of hydrogen-bond donors (Lipinski definition) is 2. The molecule has 5 nitrogen and oxygen atoms in total. The SMILES string of the molecule is CCC(=O)c1sc(N2CCCC(O)C2)c(C#N)c1N. The Labute approximate surface area is 116 Å². The number of piperidine rings is 1. The van der Waals surface area contributed by atoms with Crippen LogP contribution in [0.25, 0.3) is 0 Å². The average Bonchev–Trinajstić information content (AvgIpc) is 2.75. The van der Waals surface area contributed by atoms with Crippen LogP contribution in [0.5, 0.6) is 0 Å². The number of thiophene rings is 1. The van der Waals surface area contributed by atoms with Crippen molar-refractivity contribution in [2.45, 2.75) is 32.3 Å². The van der Waals surface area contributed by atoms with E-state index >= 15 is 0 Å². The predicted molar refractivity (Wildman–Crippen MR) is 75.5 cm³/mol. The number of rotatable bonds is 3. The molecule has 2 rings (SSSR count). The number of ketones is 1. The summed E-state index contributed by atoms with van der Waals surface area (Å²) >= 11 is 1.27. The number of aliphatic hydroxyl groups is 1. The summed E-state index contributed by atoms with van der Waals surface area (Å²) in [6.07, 6.45) is 1.65. The summed E-state index contributed by atoms with van der Waals surface area (Å²) < 4.78 is 0. The molecule has 0 aromatic carbocycles. The van der Waals surface area contributed by atoms with Gasteiger partial charge in [0.05, 0.1) is 16.7 Å². The fraction of sp³-hybridized carbons (Fsp3) is 0.538. The zero-order chi connectivity index (χ0) is 14.0. The highest BCUT2D eigenvalue weighted by Crippen LogP contribution is 2.39. The van der Waals surface area contributed by atoms with Gasteiger partial charge in [-0.05, 0) is 12.8 Å². The molecule has 1 fully saturated rings. The van der Waals surface area contributed by atoms with Crippen LogP contribution in [0.4, 0.5) is 10.7 Å². The third-order valence-corrected chi connectivity index (χ3v) is 4.60. The van der Waals surface area contributed by atoms with Gasteiger partial charge in [-0.15, -0.1) is 11.3 Å². The summed E-state index contributed by atoms with van der Waals surface area (Å²) in [6.45, 7) is 3.05. The first-order valence-corrected chi connectivity index (χ1v) is 7.18. The van der Waals surface area contributed by atoms with E-state index in [4.69, 9.17) is 5.73 Å². The third kappa shape index (κ3) is 2.57. The highest BCUT2D eigenvalue weighted by molar-refractivity contribution is 7.19. The van der Waals surface area contributed by atoms with Crippen LogP contribution in [0, 0.1) is 11.3 Å². The topological polar surface area (TPSA) is 90.4 Å². The van der Waals surface area contributed by atoms with E-state index in [0.29, 0.717) is 23.4 Å². The van der Waals surface area contributed by atoms with Crippen molar-refractivity contribution in [3.05, 3.63) is 10.4 Å². The second-order valence-corrected chi connectivity index (χ2v) is 5.65. The number of nitriles is 1. The minimum Gasteiger partial charge on any atom is -0.396 e. The number of β-amino-alcohol motifs (C(OH)–C–C–N with tert-alkyl or cyclic N) is 1. The molecule has 0 saturated carbocycles. The summed E-state index contributed by atoms with van der Waals surface area (Å²) in [5, 5.41) is 19.7. The Hall–Kier alpha value is -1.58. The number of Topliss-reactive ketones (excluding diaryl/α,β-unsaturated/α-hetero) is 1. The minimum absolute atomic E-state index is 0.0391. The van der Waals surface area contributed by atoms with Crippen LogP contribution < -0.4 is 10.6 Å². The molecule has 1 saturated heterocycles. The predicted octanol–water partition coefficient (Wildman–Crippen LogP) is 1.76. The lowest BCUT2D eigenvalue weighted by Crippen LogP contribution is -2.38. The highest BCUT2D eigenvalue weighted by atomic mass is 32.1. The normalized spacial score (nSPS) is 19.2. The zero-order valence-corrected chi connectivity index (χ0v) is 11.7. The summed E-state index contributed by atoms with van der Waals surface area (Å²) in [5.74, 6) is -0.0391. The van der Waals surface area contributed by atoms with E-state index < -0.39 is 0 Å². The van der Waals surface area contributed by atoms with Gasteiger partial charge in [-0.25, -0.2) is 0 Å². The maximum Gasteiger partial charge on any atom is 0.174 e. The highest BCUT2D eigenvalue weighted by Gasteiger charge is 2.26. The van der Waals surface area contributed by atoms with Crippen molar-refractivity contribution in [2.75, 3.05) is 23.7 Å². The fourth-order valence-corrected chi connectivity index (χ4v) is 3.49. The first-order valence-electron chi connectivity index (χ1n) is 6.37. The molecule has 19 heavy (non-hydrogen) atoms. The lowest BCUT2D eigenvalue weighted by molar-refractivity contribution is 0.0993. The molecule has 0 aliphatic carbocycles. The van der Waals surface area contributed by atoms with E-state index in [1.807, 2.05) is 4.90 Å². The summed E-state index contributed by atoms with van der Waals surface area (Å²) in [7, 11) is 0. The van der Waals surface area contributed by atoms with Gasteiger partial charge in [0.2, 0.25) is 0 Å². The Balaban J connectivity index is 2.40.